The summed E-state index contributed by atoms with van der Waals surface area (Å²) in [5, 5.41) is 6.09. The first-order valence-corrected chi connectivity index (χ1v) is 9.29. The highest BCUT2D eigenvalue weighted by atomic mass is 16.5. The zero-order chi connectivity index (χ0) is 20.5. The third-order valence-corrected chi connectivity index (χ3v) is 4.42. The molecular weight excluding hydrogens is 368 g/mol. The van der Waals surface area contributed by atoms with E-state index in [0.29, 0.717) is 24.6 Å². The van der Waals surface area contributed by atoms with Crippen molar-refractivity contribution in [3.63, 3.8) is 0 Å². The van der Waals surface area contributed by atoms with Crippen molar-refractivity contribution in [2.75, 3.05) is 26.1 Å². The third-order valence-electron chi connectivity index (χ3n) is 4.42. The molecule has 7 heteroatoms. The predicted octanol–water partition coefficient (Wildman–Crippen LogP) is 3.08. The molecule has 0 saturated carbocycles. The van der Waals surface area contributed by atoms with E-state index in [4.69, 9.17) is 9.47 Å². The molecule has 0 saturated heterocycles. The first-order valence-electron chi connectivity index (χ1n) is 9.29. The minimum Gasteiger partial charge on any atom is -0.496 e. The fraction of sp³-hybridized carbons (Fsp3) is 0.227. The van der Waals surface area contributed by atoms with E-state index in [1.54, 1.807) is 20.3 Å². The monoisotopic (exact) mass is 392 g/mol. The summed E-state index contributed by atoms with van der Waals surface area (Å²) in [6.45, 7) is 1.00. The van der Waals surface area contributed by atoms with Gasteiger partial charge in [0.25, 0.3) is 5.91 Å². The minimum atomic E-state index is -0.272. The fourth-order valence-corrected chi connectivity index (χ4v) is 2.93. The Kier molecular flexibility index (Phi) is 7.00. The Labute approximate surface area is 170 Å². The normalized spacial score (nSPS) is 10.3. The molecule has 2 aromatic carbocycles. The average molecular weight is 392 g/mol. The van der Waals surface area contributed by atoms with Gasteiger partial charge in [0.15, 0.2) is 0 Å². The van der Waals surface area contributed by atoms with Crippen molar-refractivity contribution in [1.29, 1.82) is 0 Å². The number of nitrogens with zero attached hydrogens (tertiary/aromatic N) is 2. The molecule has 0 fully saturated rings. The number of hydrogen-bond acceptors (Lipinski definition) is 6. The molecule has 150 valence electrons. The Morgan fingerprint density at radius 2 is 1.59 bits per heavy atom. The Balaban J connectivity index is 1.56. The molecule has 0 unspecified atom stereocenters. The van der Waals surface area contributed by atoms with Gasteiger partial charge in [0, 0.05) is 24.7 Å². The van der Waals surface area contributed by atoms with Crippen LogP contribution in [-0.4, -0.2) is 36.6 Å². The van der Waals surface area contributed by atoms with Gasteiger partial charge in [0.05, 0.1) is 14.2 Å². The van der Waals surface area contributed by atoms with Gasteiger partial charge in [0.1, 0.15) is 29.3 Å². The topological polar surface area (TPSA) is 85.4 Å². The van der Waals surface area contributed by atoms with Crippen LogP contribution in [0.5, 0.6) is 11.5 Å². The number of rotatable bonds is 9. The predicted molar refractivity (Wildman–Crippen MR) is 111 cm³/mol. The molecule has 0 spiro atoms. The van der Waals surface area contributed by atoms with Crippen molar-refractivity contribution < 1.29 is 14.3 Å². The number of para-hydroxylation sites is 2. The van der Waals surface area contributed by atoms with Crippen molar-refractivity contribution in [3.8, 4) is 11.5 Å². The molecular formula is C22H24N4O3. The van der Waals surface area contributed by atoms with E-state index in [0.717, 1.165) is 29.0 Å². The fourth-order valence-electron chi connectivity index (χ4n) is 2.93. The lowest BCUT2D eigenvalue weighted by Gasteiger charge is -2.11. The standard InChI is InChI=1S/C22H24N4O3/c1-28-19-9-5-3-7-16(19)11-12-23-21-13-18(25-15-26-21)22(27)24-14-17-8-4-6-10-20(17)29-2/h3-10,13,15H,11-12,14H2,1-2H3,(H,24,27)(H,23,25,26). The maximum absolute atomic E-state index is 12.5. The molecule has 3 aromatic rings. The lowest BCUT2D eigenvalue weighted by atomic mass is 10.1. The van der Waals surface area contributed by atoms with E-state index >= 15 is 0 Å². The van der Waals surface area contributed by atoms with Crippen LogP contribution in [0.2, 0.25) is 0 Å². The van der Waals surface area contributed by atoms with Gasteiger partial charge in [-0.3, -0.25) is 4.79 Å². The molecule has 29 heavy (non-hydrogen) atoms. The van der Waals surface area contributed by atoms with Gasteiger partial charge < -0.3 is 20.1 Å². The molecule has 1 amide bonds. The number of anilines is 1. The van der Waals surface area contributed by atoms with E-state index in [2.05, 4.69) is 20.6 Å². The van der Waals surface area contributed by atoms with Gasteiger partial charge in [0.2, 0.25) is 0 Å². The number of benzene rings is 2. The van der Waals surface area contributed by atoms with Crippen molar-refractivity contribution in [3.05, 3.63) is 77.7 Å². The number of nitrogens with one attached hydrogen (secondary N) is 2. The number of aromatic nitrogens is 2. The lowest BCUT2D eigenvalue weighted by Crippen LogP contribution is -2.24. The Morgan fingerprint density at radius 3 is 2.31 bits per heavy atom. The van der Waals surface area contributed by atoms with Crippen LogP contribution in [0.3, 0.4) is 0 Å². The Morgan fingerprint density at radius 1 is 0.931 bits per heavy atom. The summed E-state index contributed by atoms with van der Waals surface area (Å²) in [5.41, 5.74) is 2.30. The van der Waals surface area contributed by atoms with Crippen molar-refractivity contribution >= 4 is 11.7 Å². The van der Waals surface area contributed by atoms with E-state index in [1.807, 2.05) is 48.5 Å². The van der Waals surface area contributed by atoms with Crippen LogP contribution in [-0.2, 0) is 13.0 Å². The summed E-state index contributed by atoms with van der Waals surface area (Å²) in [5.74, 6) is 1.91. The number of carbonyl (C=O) groups is 1. The molecule has 3 rings (SSSR count). The van der Waals surface area contributed by atoms with E-state index in [-0.39, 0.29) is 5.91 Å². The van der Waals surface area contributed by atoms with Gasteiger partial charge in [-0.25, -0.2) is 9.97 Å². The summed E-state index contributed by atoms with van der Waals surface area (Å²) in [4.78, 5) is 20.7. The quantitative estimate of drug-likeness (QED) is 0.582. The summed E-state index contributed by atoms with van der Waals surface area (Å²) in [7, 11) is 3.26. The Bertz CT molecular complexity index is 962. The van der Waals surface area contributed by atoms with Gasteiger partial charge in [-0.05, 0) is 24.1 Å². The SMILES string of the molecule is COc1ccccc1CCNc1cc(C(=O)NCc2ccccc2OC)ncn1. The second-order valence-electron chi connectivity index (χ2n) is 6.27. The molecule has 7 nitrogen and oxygen atoms in total. The number of ether oxygens (including phenoxy) is 2. The minimum absolute atomic E-state index is 0.272. The van der Waals surface area contributed by atoms with Gasteiger partial charge >= 0.3 is 0 Å². The van der Waals surface area contributed by atoms with Crippen molar-refractivity contribution in [2.24, 2.45) is 0 Å². The molecule has 0 aliphatic heterocycles. The highest BCUT2D eigenvalue weighted by Gasteiger charge is 2.10. The van der Waals surface area contributed by atoms with Crippen LogP contribution < -0.4 is 20.1 Å². The molecule has 1 aromatic heterocycles. The van der Waals surface area contributed by atoms with Crippen LogP contribution in [0.15, 0.2) is 60.9 Å². The van der Waals surface area contributed by atoms with Crippen LogP contribution in [0.25, 0.3) is 0 Å². The third kappa shape index (κ3) is 5.44. The van der Waals surface area contributed by atoms with Crippen LogP contribution in [0.1, 0.15) is 21.6 Å². The van der Waals surface area contributed by atoms with Gasteiger partial charge in [-0.2, -0.15) is 0 Å². The van der Waals surface area contributed by atoms with E-state index in [9.17, 15) is 4.79 Å². The summed E-state index contributed by atoms with van der Waals surface area (Å²) in [6, 6.07) is 17.1. The highest BCUT2D eigenvalue weighted by molar-refractivity contribution is 5.92. The smallest absolute Gasteiger partial charge is 0.270 e. The van der Waals surface area contributed by atoms with E-state index < -0.39 is 0 Å². The number of carbonyl (C=O) groups excluding carboxylic acids is 1. The molecule has 0 aliphatic rings. The zero-order valence-electron chi connectivity index (χ0n) is 16.5. The largest absolute Gasteiger partial charge is 0.496 e. The number of hydrogen-bond donors (Lipinski definition) is 2. The van der Waals surface area contributed by atoms with Crippen LogP contribution in [0.4, 0.5) is 5.82 Å². The number of methoxy groups -OCH3 is 2. The second kappa shape index (κ2) is 10.1. The lowest BCUT2D eigenvalue weighted by molar-refractivity contribution is 0.0945. The molecule has 0 radical (unpaired) electrons. The molecule has 0 atom stereocenters. The zero-order valence-corrected chi connectivity index (χ0v) is 16.5. The molecule has 2 N–H and O–H groups in total. The van der Waals surface area contributed by atoms with Gasteiger partial charge in [-0.1, -0.05) is 36.4 Å². The molecule has 0 aliphatic carbocycles. The van der Waals surface area contributed by atoms with Crippen LogP contribution >= 0.6 is 0 Å². The molecule has 0 bridgehead atoms. The Hall–Kier alpha value is -3.61. The molecule has 1 heterocycles. The summed E-state index contributed by atoms with van der Waals surface area (Å²) >= 11 is 0. The summed E-state index contributed by atoms with van der Waals surface area (Å²) < 4.78 is 10.7. The van der Waals surface area contributed by atoms with Crippen molar-refractivity contribution in [1.82, 2.24) is 15.3 Å². The second-order valence-corrected chi connectivity index (χ2v) is 6.27. The van der Waals surface area contributed by atoms with E-state index in [1.165, 1.54) is 6.33 Å². The first-order chi connectivity index (χ1) is 14.2. The maximum Gasteiger partial charge on any atom is 0.270 e. The maximum atomic E-state index is 12.5. The van der Waals surface area contributed by atoms with Crippen LogP contribution in [0, 0.1) is 0 Å². The van der Waals surface area contributed by atoms with Crippen molar-refractivity contribution in [2.45, 2.75) is 13.0 Å². The highest BCUT2D eigenvalue weighted by Crippen LogP contribution is 2.18. The first kappa shape index (κ1) is 20.1. The average Bonchev–Trinajstić information content (AvgIpc) is 2.78. The van der Waals surface area contributed by atoms with Gasteiger partial charge in [-0.15, -0.1) is 0 Å². The summed E-state index contributed by atoms with van der Waals surface area (Å²) in [6.07, 6.45) is 2.15. The number of amides is 1.